The molecule has 2 aromatic rings. The van der Waals surface area contributed by atoms with Crippen LogP contribution in [0.4, 0.5) is 5.69 Å². The second-order valence-corrected chi connectivity index (χ2v) is 7.23. The lowest BCUT2D eigenvalue weighted by atomic mass is 9.96. The van der Waals surface area contributed by atoms with Crippen molar-refractivity contribution in [1.29, 1.82) is 0 Å². The number of hydrogen-bond acceptors (Lipinski definition) is 4. The maximum Gasteiger partial charge on any atom is 0.228 e. The number of amides is 2. The number of primary amides is 1. The molecule has 0 bridgehead atoms. The Hall–Kier alpha value is -2.86. The summed E-state index contributed by atoms with van der Waals surface area (Å²) in [4.78, 5) is 26.0. The summed E-state index contributed by atoms with van der Waals surface area (Å²) in [5.41, 5.74) is 8.23. The van der Waals surface area contributed by atoms with Crippen molar-refractivity contribution >= 4 is 17.5 Å². The number of methoxy groups -OCH3 is 1. The lowest BCUT2D eigenvalue weighted by molar-refractivity contribution is -0.123. The highest BCUT2D eigenvalue weighted by Gasteiger charge is 2.22. The number of benzene rings is 2. The number of piperidine rings is 1. The summed E-state index contributed by atoms with van der Waals surface area (Å²) in [6.45, 7) is 2.52. The summed E-state index contributed by atoms with van der Waals surface area (Å²) in [5, 5.41) is 2.97. The van der Waals surface area contributed by atoms with Crippen molar-refractivity contribution in [3.8, 4) is 5.75 Å². The van der Waals surface area contributed by atoms with Gasteiger partial charge in [0.25, 0.3) is 0 Å². The molecule has 1 heterocycles. The van der Waals surface area contributed by atoms with E-state index in [1.165, 1.54) is 0 Å². The highest BCUT2D eigenvalue weighted by molar-refractivity contribution is 5.92. The van der Waals surface area contributed by atoms with Gasteiger partial charge in [0.2, 0.25) is 11.8 Å². The van der Waals surface area contributed by atoms with Crippen molar-refractivity contribution in [2.45, 2.75) is 25.8 Å². The largest absolute Gasteiger partial charge is 0.497 e. The van der Waals surface area contributed by atoms with Crippen molar-refractivity contribution in [2.75, 3.05) is 25.5 Å². The number of anilines is 1. The first-order chi connectivity index (χ1) is 13.5. The highest BCUT2D eigenvalue weighted by Crippen LogP contribution is 2.20. The van der Waals surface area contributed by atoms with Crippen molar-refractivity contribution in [1.82, 2.24) is 4.90 Å². The van der Waals surface area contributed by atoms with E-state index in [-0.39, 0.29) is 17.7 Å². The number of hydrogen-bond donors (Lipinski definition) is 2. The van der Waals surface area contributed by atoms with Crippen molar-refractivity contribution < 1.29 is 14.3 Å². The number of carbonyl (C=O) groups is 2. The minimum atomic E-state index is -0.194. The lowest BCUT2D eigenvalue weighted by Gasteiger charge is -2.30. The molecule has 0 saturated carbocycles. The Balaban J connectivity index is 1.54. The molecule has 2 aromatic carbocycles. The molecule has 1 aliphatic rings. The number of rotatable bonds is 7. The van der Waals surface area contributed by atoms with Crippen LogP contribution in [0.2, 0.25) is 0 Å². The second-order valence-electron chi connectivity index (χ2n) is 7.23. The van der Waals surface area contributed by atoms with E-state index in [1.54, 1.807) is 7.11 Å². The van der Waals surface area contributed by atoms with Gasteiger partial charge in [-0.05, 0) is 61.3 Å². The molecule has 0 aromatic heterocycles. The molecule has 1 saturated heterocycles. The third-order valence-corrected chi connectivity index (χ3v) is 5.11. The number of likely N-dealkylation sites (tertiary alicyclic amines) is 1. The average molecular weight is 381 g/mol. The summed E-state index contributed by atoms with van der Waals surface area (Å²) in [6, 6.07) is 15.4. The van der Waals surface area contributed by atoms with Gasteiger partial charge in [-0.3, -0.25) is 14.5 Å². The Morgan fingerprint density at radius 3 is 2.54 bits per heavy atom. The minimum Gasteiger partial charge on any atom is -0.497 e. The van der Waals surface area contributed by atoms with Gasteiger partial charge in [-0.1, -0.05) is 24.3 Å². The lowest BCUT2D eigenvalue weighted by Crippen LogP contribution is -2.38. The van der Waals surface area contributed by atoms with Crippen LogP contribution in [0.15, 0.2) is 48.5 Å². The van der Waals surface area contributed by atoms with Gasteiger partial charge in [0.05, 0.1) is 13.5 Å². The third-order valence-electron chi connectivity index (χ3n) is 5.11. The molecule has 0 aliphatic carbocycles. The molecule has 6 nitrogen and oxygen atoms in total. The normalized spacial score (nSPS) is 15.2. The Morgan fingerprint density at radius 1 is 1.11 bits per heavy atom. The van der Waals surface area contributed by atoms with Crippen molar-refractivity contribution in [2.24, 2.45) is 11.7 Å². The molecule has 0 atom stereocenters. The van der Waals surface area contributed by atoms with Crippen LogP contribution < -0.4 is 15.8 Å². The van der Waals surface area contributed by atoms with E-state index in [9.17, 15) is 9.59 Å². The monoisotopic (exact) mass is 381 g/mol. The van der Waals surface area contributed by atoms with E-state index in [0.717, 1.165) is 55.0 Å². The first kappa shape index (κ1) is 19.9. The molecule has 148 valence electrons. The quantitative estimate of drug-likeness (QED) is 0.772. The predicted octanol–water partition coefficient (Wildman–Crippen LogP) is 2.57. The van der Waals surface area contributed by atoms with Crippen LogP contribution in [0.3, 0.4) is 0 Å². The van der Waals surface area contributed by atoms with Gasteiger partial charge in [-0.15, -0.1) is 0 Å². The Morgan fingerprint density at radius 2 is 1.82 bits per heavy atom. The van der Waals surface area contributed by atoms with E-state index < -0.39 is 0 Å². The first-order valence-corrected chi connectivity index (χ1v) is 9.57. The number of nitrogens with two attached hydrogens (primary N) is 1. The molecular weight excluding hydrogens is 354 g/mol. The Bertz CT molecular complexity index is 829. The molecule has 28 heavy (non-hydrogen) atoms. The van der Waals surface area contributed by atoms with E-state index >= 15 is 0 Å². The van der Waals surface area contributed by atoms with Crippen LogP contribution in [0.5, 0.6) is 5.75 Å². The molecular formula is C22H27N3O3. The third kappa shape index (κ3) is 5.57. The van der Waals surface area contributed by atoms with Crippen LogP contribution in [0.25, 0.3) is 0 Å². The number of carbonyl (C=O) groups excluding carboxylic acids is 2. The first-order valence-electron chi connectivity index (χ1n) is 9.57. The number of nitrogens with zero attached hydrogens (tertiary/aromatic N) is 1. The summed E-state index contributed by atoms with van der Waals surface area (Å²) >= 11 is 0. The summed E-state index contributed by atoms with van der Waals surface area (Å²) < 4.78 is 5.20. The van der Waals surface area contributed by atoms with Crippen LogP contribution >= 0.6 is 0 Å². The molecule has 0 spiro atoms. The van der Waals surface area contributed by atoms with Crippen LogP contribution in [-0.2, 0) is 22.6 Å². The summed E-state index contributed by atoms with van der Waals surface area (Å²) in [7, 11) is 1.61. The average Bonchev–Trinajstić information content (AvgIpc) is 2.68. The Labute approximate surface area is 165 Å². The maximum atomic E-state index is 12.4. The maximum absolute atomic E-state index is 12.4. The fourth-order valence-electron chi connectivity index (χ4n) is 3.55. The number of nitrogens with one attached hydrogen (secondary N) is 1. The van der Waals surface area contributed by atoms with E-state index in [1.807, 2.05) is 42.5 Å². The van der Waals surface area contributed by atoms with E-state index in [4.69, 9.17) is 10.5 Å². The highest BCUT2D eigenvalue weighted by atomic mass is 16.5. The molecule has 0 unspecified atom stereocenters. The fourth-order valence-corrected chi connectivity index (χ4v) is 3.55. The molecule has 2 amide bonds. The van der Waals surface area contributed by atoms with Gasteiger partial charge < -0.3 is 15.8 Å². The zero-order valence-corrected chi connectivity index (χ0v) is 16.2. The predicted molar refractivity (Wildman–Crippen MR) is 109 cm³/mol. The summed E-state index contributed by atoms with van der Waals surface area (Å²) in [5.74, 6) is 0.485. The van der Waals surface area contributed by atoms with E-state index in [2.05, 4.69) is 16.3 Å². The molecule has 3 rings (SSSR count). The van der Waals surface area contributed by atoms with Crippen LogP contribution in [0, 0.1) is 5.92 Å². The van der Waals surface area contributed by atoms with Crippen molar-refractivity contribution in [3.63, 3.8) is 0 Å². The Kier molecular flexibility index (Phi) is 6.66. The van der Waals surface area contributed by atoms with Gasteiger partial charge in [0, 0.05) is 18.2 Å². The van der Waals surface area contributed by atoms with Gasteiger partial charge >= 0.3 is 0 Å². The topological polar surface area (TPSA) is 84.7 Å². The van der Waals surface area contributed by atoms with Gasteiger partial charge in [0.1, 0.15) is 5.75 Å². The van der Waals surface area contributed by atoms with Crippen molar-refractivity contribution in [3.05, 3.63) is 59.7 Å². The molecule has 1 fully saturated rings. The molecule has 1 aliphatic heterocycles. The van der Waals surface area contributed by atoms with E-state index in [0.29, 0.717) is 6.42 Å². The van der Waals surface area contributed by atoms with Gasteiger partial charge in [-0.25, -0.2) is 0 Å². The van der Waals surface area contributed by atoms with Crippen LogP contribution in [0.1, 0.15) is 24.0 Å². The van der Waals surface area contributed by atoms with Gasteiger partial charge in [0.15, 0.2) is 0 Å². The summed E-state index contributed by atoms with van der Waals surface area (Å²) in [6.07, 6.45) is 1.92. The zero-order chi connectivity index (χ0) is 19.9. The minimum absolute atomic E-state index is 0.00140. The SMILES string of the molecule is COc1cccc(CC(=O)Nc2cccc(CN3CCC(C(N)=O)CC3)c2)c1. The molecule has 3 N–H and O–H groups in total. The smallest absolute Gasteiger partial charge is 0.228 e. The fraction of sp³-hybridized carbons (Fsp3) is 0.364. The van der Waals surface area contributed by atoms with Gasteiger partial charge in [-0.2, -0.15) is 0 Å². The molecule has 0 radical (unpaired) electrons. The van der Waals surface area contributed by atoms with Crippen LogP contribution in [-0.4, -0.2) is 36.9 Å². The zero-order valence-electron chi connectivity index (χ0n) is 16.2. The number of ether oxygens (including phenoxy) is 1. The second kappa shape index (κ2) is 9.37. The molecule has 6 heteroatoms. The standard InChI is InChI=1S/C22H27N3O3/c1-28-20-7-3-4-16(13-20)14-21(26)24-19-6-2-5-17(12-19)15-25-10-8-18(9-11-25)22(23)27/h2-7,12-13,18H,8-11,14-15H2,1H3,(H2,23,27)(H,24,26).